The van der Waals surface area contributed by atoms with Gasteiger partial charge in [-0.3, -0.25) is 0 Å². The minimum Gasteiger partial charge on any atom is -0.494 e. The summed E-state index contributed by atoms with van der Waals surface area (Å²) in [7, 11) is 0. The van der Waals surface area contributed by atoms with E-state index in [1.165, 1.54) is 36.1 Å². The maximum atomic E-state index is 5.96. The highest BCUT2D eigenvalue weighted by Crippen LogP contribution is 2.31. The van der Waals surface area contributed by atoms with E-state index in [2.05, 4.69) is 23.5 Å². The Morgan fingerprint density at radius 1 is 1.14 bits per heavy atom. The Balaban J connectivity index is 1.90. The van der Waals surface area contributed by atoms with Gasteiger partial charge in [0.05, 0.1) is 6.61 Å². The standard InChI is InChI=1S/C18H22N2O/c1-2-21-16-11-14(19)10-15(12-16)20-18-9-5-7-13-6-3-4-8-17(13)18/h5,7,9-12,20H,2-4,6,8,19H2,1H3. The van der Waals surface area contributed by atoms with E-state index in [-0.39, 0.29) is 0 Å². The average molecular weight is 282 g/mol. The molecule has 0 aromatic heterocycles. The highest BCUT2D eigenvalue weighted by molar-refractivity contribution is 5.69. The normalized spacial score (nSPS) is 13.6. The minimum absolute atomic E-state index is 0.642. The van der Waals surface area contributed by atoms with Crippen molar-refractivity contribution in [1.82, 2.24) is 0 Å². The minimum atomic E-state index is 0.642. The predicted molar refractivity (Wildman–Crippen MR) is 88.4 cm³/mol. The number of benzene rings is 2. The number of anilines is 3. The smallest absolute Gasteiger partial charge is 0.123 e. The first-order valence-corrected chi connectivity index (χ1v) is 7.67. The third-order valence-corrected chi connectivity index (χ3v) is 3.91. The molecule has 2 aromatic carbocycles. The molecule has 0 atom stereocenters. The fraction of sp³-hybridized carbons (Fsp3) is 0.333. The number of rotatable bonds is 4. The second-order valence-corrected chi connectivity index (χ2v) is 5.50. The van der Waals surface area contributed by atoms with Crippen molar-refractivity contribution in [2.24, 2.45) is 0 Å². The predicted octanol–water partition coefficient (Wildman–Crippen LogP) is 4.29. The molecule has 1 aliphatic carbocycles. The van der Waals surface area contributed by atoms with E-state index >= 15 is 0 Å². The number of nitrogen functional groups attached to an aromatic ring is 1. The first kappa shape index (κ1) is 13.8. The lowest BCUT2D eigenvalue weighted by Crippen LogP contribution is -2.06. The van der Waals surface area contributed by atoms with Crippen LogP contribution in [-0.4, -0.2) is 6.61 Å². The van der Waals surface area contributed by atoms with Crippen molar-refractivity contribution in [3.63, 3.8) is 0 Å². The average Bonchev–Trinajstić information content (AvgIpc) is 2.47. The molecule has 1 aliphatic rings. The molecule has 3 rings (SSSR count). The Kier molecular flexibility index (Phi) is 4.00. The summed E-state index contributed by atoms with van der Waals surface area (Å²) in [5.74, 6) is 0.810. The Hall–Kier alpha value is -2.16. The molecule has 0 spiro atoms. The van der Waals surface area contributed by atoms with E-state index in [0.29, 0.717) is 12.3 Å². The topological polar surface area (TPSA) is 47.3 Å². The fourth-order valence-electron chi connectivity index (χ4n) is 3.00. The van der Waals surface area contributed by atoms with Crippen LogP contribution in [0.5, 0.6) is 5.75 Å². The second-order valence-electron chi connectivity index (χ2n) is 5.50. The molecule has 0 amide bonds. The number of fused-ring (bicyclic) bond motifs is 1. The Labute approximate surface area is 126 Å². The molecule has 0 saturated heterocycles. The van der Waals surface area contributed by atoms with Gasteiger partial charge in [0.15, 0.2) is 0 Å². The number of nitrogens with two attached hydrogens (primary N) is 1. The summed E-state index contributed by atoms with van der Waals surface area (Å²) in [5.41, 5.74) is 11.8. The molecule has 0 radical (unpaired) electrons. The molecule has 3 nitrogen and oxygen atoms in total. The van der Waals surface area contributed by atoms with Crippen molar-refractivity contribution in [1.29, 1.82) is 0 Å². The molecule has 0 saturated carbocycles. The summed E-state index contributed by atoms with van der Waals surface area (Å²) in [6.45, 7) is 2.62. The van der Waals surface area contributed by atoms with Crippen LogP contribution in [0, 0.1) is 0 Å². The summed E-state index contributed by atoms with van der Waals surface area (Å²) < 4.78 is 5.56. The van der Waals surface area contributed by atoms with Crippen molar-refractivity contribution >= 4 is 17.1 Å². The molecule has 3 heteroatoms. The molecule has 0 bridgehead atoms. The van der Waals surface area contributed by atoms with E-state index in [0.717, 1.165) is 17.9 Å². The quantitative estimate of drug-likeness (QED) is 0.822. The molecular formula is C18H22N2O. The van der Waals surface area contributed by atoms with Gasteiger partial charge in [-0.2, -0.15) is 0 Å². The van der Waals surface area contributed by atoms with Crippen LogP contribution in [0.4, 0.5) is 17.1 Å². The fourth-order valence-corrected chi connectivity index (χ4v) is 3.00. The van der Waals surface area contributed by atoms with Gasteiger partial charge in [-0.05, 0) is 55.9 Å². The highest BCUT2D eigenvalue weighted by Gasteiger charge is 2.13. The van der Waals surface area contributed by atoms with Gasteiger partial charge in [0.1, 0.15) is 5.75 Å². The Bertz CT molecular complexity index is 637. The maximum absolute atomic E-state index is 5.96. The summed E-state index contributed by atoms with van der Waals surface area (Å²) in [6.07, 6.45) is 4.90. The zero-order chi connectivity index (χ0) is 14.7. The van der Waals surface area contributed by atoms with E-state index in [4.69, 9.17) is 10.5 Å². The Morgan fingerprint density at radius 2 is 2.00 bits per heavy atom. The number of ether oxygens (including phenoxy) is 1. The van der Waals surface area contributed by atoms with Crippen molar-refractivity contribution in [2.45, 2.75) is 32.6 Å². The number of hydrogen-bond donors (Lipinski definition) is 2. The molecular weight excluding hydrogens is 260 g/mol. The largest absolute Gasteiger partial charge is 0.494 e. The molecule has 21 heavy (non-hydrogen) atoms. The van der Waals surface area contributed by atoms with Crippen LogP contribution < -0.4 is 15.8 Å². The zero-order valence-electron chi connectivity index (χ0n) is 12.5. The first-order valence-electron chi connectivity index (χ1n) is 7.67. The van der Waals surface area contributed by atoms with Crippen LogP contribution in [0.2, 0.25) is 0 Å². The van der Waals surface area contributed by atoms with Gasteiger partial charge in [0, 0.05) is 29.2 Å². The van der Waals surface area contributed by atoms with E-state index in [1.807, 2.05) is 25.1 Å². The van der Waals surface area contributed by atoms with Crippen LogP contribution in [0.1, 0.15) is 30.9 Å². The first-order chi connectivity index (χ1) is 10.3. The van der Waals surface area contributed by atoms with Gasteiger partial charge >= 0.3 is 0 Å². The SMILES string of the molecule is CCOc1cc(N)cc(Nc2cccc3c2CCCC3)c1. The van der Waals surface area contributed by atoms with Gasteiger partial charge in [-0.25, -0.2) is 0 Å². The van der Waals surface area contributed by atoms with Crippen molar-refractivity contribution in [3.05, 3.63) is 47.5 Å². The van der Waals surface area contributed by atoms with E-state index < -0.39 is 0 Å². The summed E-state index contributed by atoms with van der Waals surface area (Å²) in [4.78, 5) is 0. The van der Waals surface area contributed by atoms with Gasteiger partial charge < -0.3 is 15.8 Å². The molecule has 0 aliphatic heterocycles. The van der Waals surface area contributed by atoms with Crippen LogP contribution in [-0.2, 0) is 12.8 Å². The summed E-state index contributed by atoms with van der Waals surface area (Å²) in [5, 5.41) is 3.51. The Morgan fingerprint density at radius 3 is 2.86 bits per heavy atom. The monoisotopic (exact) mass is 282 g/mol. The van der Waals surface area contributed by atoms with Crippen molar-refractivity contribution in [3.8, 4) is 5.75 Å². The van der Waals surface area contributed by atoms with Crippen LogP contribution in [0.3, 0.4) is 0 Å². The highest BCUT2D eigenvalue weighted by atomic mass is 16.5. The van der Waals surface area contributed by atoms with Crippen LogP contribution in [0.25, 0.3) is 0 Å². The number of nitrogens with one attached hydrogen (secondary N) is 1. The van der Waals surface area contributed by atoms with E-state index in [9.17, 15) is 0 Å². The molecule has 0 unspecified atom stereocenters. The van der Waals surface area contributed by atoms with Gasteiger partial charge in [-0.15, -0.1) is 0 Å². The summed E-state index contributed by atoms with van der Waals surface area (Å²) >= 11 is 0. The second kappa shape index (κ2) is 6.08. The molecule has 0 fully saturated rings. The molecule has 2 aromatic rings. The van der Waals surface area contributed by atoms with Gasteiger partial charge in [0.25, 0.3) is 0 Å². The van der Waals surface area contributed by atoms with Gasteiger partial charge in [0.2, 0.25) is 0 Å². The van der Waals surface area contributed by atoms with Crippen molar-refractivity contribution in [2.75, 3.05) is 17.7 Å². The number of hydrogen-bond acceptors (Lipinski definition) is 3. The molecule has 0 heterocycles. The van der Waals surface area contributed by atoms with Crippen LogP contribution in [0.15, 0.2) is 36.4 Å². The van der Waals surface area contributed by atoms with Crippen LogP contribution >= 0.6 is 0 Å². The third kappa shape index (κ3) is 3.13. The van der Waals surface area contributed by atoms with Crippen molar-refractivity contribution < 1.29 is 4.74 Å². The van der Waals surface area contributed by atoms with E-state index in [1.54, 1.807) is 0 Å². The number of aryl methyl sites for hydroxylation is 1. The third-order valence-electron chi connectivity index (χ3n) is 3.91. The summed E-state index contributed by atoms with van der Waals surface area (Å²) in [6, 6.07) is 12.3. The lowest BCUT2D eigenvalue weighted by atomic mass is 9.90. The zero-order valence-corrected chi connectivity index (χ0v) is 12.5. The molecule has 3 N–H and O–H groups in total. The lowest BCUT2D eigenvalue weighted by Gasteiger charge is -2.20. The van der Waals surface area contributed by atoms with Gasteiger partial charge in [-0.1, -0.05) is 12.1 Å². The molecule has 110 valence electrons. The lowest BCUT2D eigenvalue weighted by molar-refractivity contribution is 0.340. The maximum Gasteiger partial charge on any atom is 0.123 e.